The minimum Gasteiger partial charge on any atom is -1.00 e. The van der Waals surface area contributed by atoms with E-state index in [1.807, 2.05) is 0 Å². The van der Waals surface area contributed by atoms with Crippen LogP contribution in [-0.2, 0) is 0 Å². The van der Waals surface area contributed by atoms with Gasteiger partial charge in [0.2, 0.25) is 6.16 Å². The molecule has 0 bridgehead atoms. The molecule has 0 aromatic carbocycles. The Morgan fingerprint density at radius 2 is 0.833 bits per heavy atom. The summed E-state index contributed by atoms with van der Waals surface area (Å²) >= 11 is 0. The van der Waals surface area contributed by atoms with Crippen LogP contribution in [0.5, 0.6) is 0 Å². The van der Waals surface area contributed by atoms with Gasteiger partial charge in [0.1, 0.15) is 0 Å². The summed E-state index contributed by atoms with van der Waals surface area (Å²) in [6.07, 6.45) is -2.08. The lowest BCUT2D eigenvalue weighted by atomic mass is 11.1. The molecule has 0 saturated heterocycles. The molecule has 0 atom stereocenters. The summed E-state index contributed by atoms with van der Waals surface area (Å²) < 4.78 is 0. The van der Waals surface area contributed by atoms with Crippen LogP contribution in [0.3, 0.4) is 0 Å². The van der Waals surface area contributed by atoms with Gasteiger partial charge in [-0.05, 0) is 0 Å². The van der Waals surface area contributed by atoms with E-state index in [4.69, 9.17) is 15.0 Å². The summed E-state index contributed by atoms with van der Waals surface area (Å²) in [5.74, 6) is -0.250. The van der Waals surface area contributed by atoms with E-state index in [-0.39, 0.29) is 47.3 Å². The number of carboxylic acid groups (broad SMARTS) is 2. The highest BCUT2D eigenvalue weighted by molar-refractivity contribution is 5.69. The number of rotatable bonds is 0. The number of halogens is 2. The molecular weight excluding hydrogens is 337 g/mol. The molecule has 0 unspecified atom stereocenters. The van der Waals surface area contributed by atoms with Gasteiger partial charge in [-0.2, -0.15) is 0 Å². The predicted octanol–water partition coefficient (Wildman–Crippen LogP) is -16.0. The number of guanidine groups is 3. The van der Waals surface area contributed by atoms with E-state index in [9.17, 15) is 0 Å². The zero-order chi connectivity index (χ0) is 14.3. The molecule has 0 aromatic rings. The summed E-state index contributed by atoms with van der Waals surface area (Å²) in [6, 6.07) is 0. The fourth-order valence-electron chi connectivity index (χ4n) is 0. The maximum absolute atomic E-state index is 8.44. The predicted molar refractivity (Wildman–Crippen MR) is 53.9 cm³/mol. The minimum absolute atomic E-state index is 0. The van der Waals surface area contributed by atoms with Crippen LogP contribution in [0.4, 0.5) is 4.79 Å². The Hall–Kier alpha value is -2.15. The third-order valence-corrected chi connectivity index (χ3v) is 0. The zero-order valence-electron chi connectivity index (χ0n) is 9.22. The molecule has 19 N–H and O–H groups in total. The SMILES string of the molecule is NC(N)=[NH2+].NC(N)=[NH2+].NC(N)=[NH2+].O=C([O-])O.[Br-].[Cl-]. The molecule has 0 amide bonds. The topological polar surface area (TPSA) is 293 Å². The summed E-state index contributed by atoms with van der Waals surface area (Å²) in [5.41, 5.74) is 27.5. The van der Waals surface area contributed by atoms with Gasteiger partial charge in [-0.3, -0.25) is 50.6 Å². The van der Waals surface area contributed by atoms with E-state index in [0.29, 0.717) is 0 Å². The Labute approximate surface area is 119 Å². The van der Waals surface area contributed by atoms with Crippen molar-refractivity contribution in [2.45, 2.75) is 0 Å². The van der Waals surface area contributed by atoms with Crippen molar-refractivity contribution in [1.82, 2.24) is 0 Å². The van der Waals surface area contributed by atoms with Crippen LogP contribution in [0.2, 0.25) is 0 Å². The van der Waals surface area contributed by atoms with Crippen molar-refractivity contribution in [2.24, 2.45) is 34.4 Å². The number of hydrogen-bond acceptors (Lipinski definition) is 2. The van der Waals surface area contributed by atoms with Gasteiger partial charge in [-0.25, -0.2) is 0 Å². The van der Waals surface area contributed by atoms with Crippen molar-refractivity contribution in [2.75, 3.05) is 0 Å². The van der Waals surface area contributed by atoms with E-state index in [1.165, 1.54) is 0 Å². The average Bonchev–Trinajstić information content (AvgIpc) is 1.76. The molecule has 0 spiro atoms. The highest BCUT2D eigenvalue weighted by atomic mass is 79.9. The molecule has 12 nitrogen and oxygen atoms in total. The van der Waals surface area contributed by atoms with Crippen LogP contribution >= 0.6 is 0 Å². The number of nitrogens with two attached hydrogens (primary N) is 9. The van der Waals surface area contributed by atoms with E-state index >= 15 is 0 Å². The first-order valence-corrected chi connectivity index (χ1v) is 3.23. The summed E-state index contributed by atoms with van der Waals surface area (Å²) in [7, 11) is 0. The van der Waals surface area contributed by atoms with Crippen LogP contribution in [-0.4, -0.2) is 29.1 Å². The van der Waals surface area contributed by atoms with Crippen LogP contribution < -0.4 is 85.1 Å². The Morgan fingerprint density at radius 1 is 0.833 bits per heavy atom. The van der Waals surface area contributed by atoms with Gasteiger partial charge < -0.3 is 44.4 Å². The normalized spacial score (nSPS) is 5.33. The molecule has 18 heavy (non-hydrogen) atoms. The lowest BCUT2D eigenvalue weighted by molar-refractivity contribution is -0.275. The second-order valence-corrected chi connectivity index (χ2v) is 1.77. The smallest absolute Gasteiger partial charge is 0.336 e. The largest absolute Gasteiger partial charge is 1.00 e. The standard InChI is InChI=1S/3CH5N3.CH2O3.BrH.ClH/c4*2-1(3)4;;/h3*(H5,2,3,4);(H2,2,3,4);2*1H. The van der Waals surface area contributed by atoms with Crippen LogP contribution in [0.1, 0.15) is 0 Å². The molecule has 0 aliphatic carbocycles. The zero-order valence-corrected chi connectivity index (χ0v) is 11.6. The van der Waals surface area contributed by atoms with Gasteiger partial charge in [0.05, 0.1) is 0 Å². The molecule has 0 radical (unpaired) electrons. The molecule has 112 valence electrons. The maximum Gasteiger partial charge on any atom is 0.336 e. The summed E-state index contributed by atoms with van der Waals surface area (Å²) in [4.78, 5) is 8.44. The average molecular weight is 357 g/mol. The number of hydrogen-bond donors (Lipinski definition) is 10. The lowest BCUT2D eigenvalue weighted by Crippen LogP contribution is -3.00. The van der Waals surface area contributed by atoms with Crippen molar-refractivity contribution in [3.63, 3.8) is 0 Å². The first-order valence-electron chi connectivity index (χ1n) is 3.23. The first-order chi connectivity index (χ1) is 6.93. The Balaban J connectivity index is -0.0000000257. The van der Waals surface area contributed by atoms with Crippen LogP contribution in [0.15, 0.2) is 0 Å². The lowest BCUT2D eigenvalue weighted by Gasteiger charge is -1.74. The van der Waals surface area contributed by atoms with Gasteiger partial charge in [0.25, 0.3) is 0 Å². The fraction of sp³-hybridized carbons (Fsp3) is 0. The Kier molecular flexibility index (Phi) is 58.8. The van der Waals surface area contributed by atoms with Crippen molar-refractivity contribution in [3.05, 3.63) is 0 Å². The molecule has 0 fully saturated rings. The highest BCUT2D eigenvalue weighted by Gasteiger charge is 1.64. The third kappa shape index (κ3) is 495. The van der Waals surface area contributed by atoms with Gasteiger partial charge in [0.15, 0.2) is 0 Å². The monoisotopic (exact) mass is 355 g/mol. The molecule has 0 aromatic heterocycles. The molecule has 0 aliphatic heterocycles. The molecule has 0 aliphatic rings. The summed E-state index contributed by atoms with van der Waals surface area (Å²) in [5, 5.41) is 29.1. The minimum atomic E-state index is -2.08. The van der Waals surface area contributed by atoms with Gasteiger partial charge in [0, 0.05) is 0 Å². The van der Waals surface area contributed by atoms with Crippen molar-refractivity contribution in [3.8, 4) is 0 Å². The van der Waals surface area contributed by atoms with Crippen LogP contribution in [0, 0.1) is 0 Å². The molecule has 14 heteroatoms. The van der Waals surface area contributed by atoms with E-state index in [2.05, 4.69) is 50.6 Å². The third-order valence-electron chi connectivity index (χ3n) is 0. The van der Waals surface area contributed by atoms with Crippen LogP contribution in [0.25, 0.3) is 0 Å². The van der Waals surface area contributed by atoms with Crippen molar-refractivity contribution < 1.29 is 60.6 Å². The Morgan fingerprint density at radius 3 is 0.833 bits per heavy atom. The fourth-order valence-corrected chi connectivity index (χ4v) is 0. The molecule has 0 heterocycles. The van der Waals surface area contributed by atoms with E-state index in [1.54, 1.807) is 0 Å². The number of carbonyl (C=O) groups is 1. The summed E-state index contributed by atoms with van der Waals surface area (Å²) in [6.45, 7) is 0. The van der Waals surface area contributed by atoms with Crippen molar-refractivity contribution >= 4 is 24.0 Å². The maximum atomic E-state index is 8.44. The Bertz CT molecular complexity index is 174. The quantitative estimate of drug-likeness (QED) is 0.145. The molecule has 0 saturated carbocycles. The first kappa shape index (κ1) is 36.0. The highest BCUT2D eigenvalue weighted by Crippen LogP contribution is 1.32. The van der Waals surface area contributed by atoms with Gasteiger partial charge in [-0.1, -0.05) is 0 Å². The molecular formula is C4H19BrClN9O3. The second-order valence-electron chi connectivity index (χ2n) is 1.77. The van der Waals surface area contributed by atoms with Gasteiger partial charge >= 0.3 is 17.9 Å². The van der Waals surface area contributed by atoms with E-state index < -0.39 is 6.16 Å². The van der Waals surface area contributed by atoms with Gasteiger partial charge in [-0.15, -0.1) is 0 Å². The second kappa shape index (κ2) is 29.4. The van der Waals surface area contributed by atoms with E-state index in [0.717, 1.165) is 0 Å². The molecule has 0 rings (SSSR count). The van der Waals surface area contributed by atoms with Crippen molar-refractivity contribution in [1.29, 1.82) is 0 Å².